The van der Waals surface area contributed by atoms with Gasteiger partial charge in [-0.3, -0.25) is 0 Å². The van der Waals surface area contributed by atoms with E-state index in [-0.39, 0.29) is 5.41 Å². The Labute approximate surface area is 120 Å². The first-order chi connectivity index (χ1) is 9.01. The first-order valence-corrected chi connectivity index (χ1v) is 6.40. The van der Waals surface area contributed by atoms with Crippen molar-refractivity contribution in [3.63, 3.8) is 0 Å². The second kappa shape index (κ2) is 6.45. The fraction of sp³-hybridized carbons (Fsp3) is 0.188. The summed E-state index contributed by atoms with van der Waals surface area (Å²) in [7, 11) is 0. The number of allylic oxidation sites excluding steroid dienone is 4. The minimum absolute atomic E-state index is 0.198. The predicted octanol–water partition coefficient (Wildman–Crippen LogP) is 3.86. The normalized spacial score (nSPS) is 11.8. The summed E-state index contributed by atoms with van der Waals surface area (Å²) in [6.07, 6.45) is 5.56. The van der Waals surface area contributed by atoms with Gasteiger partial charge in [-0.2, -0.15) is 5.90 Å². The average Bonchev–Trinajstić information content (AvgIpc) is 2.43. The second-order valence-corrected chi connectivity index (χ2v) is 4.91. The van der Waals surface area contributed by atoms with E-state index in [0.717, 1.165) is 16.7 Å². The van der Waals surface area contributed by atoms with Crippen LogP contribution in [0.4, 0.5) is 0 Å². The highest BCUT2D eigenvalue weighted by atomic mass is 32.1. The summed E-state index contributed by atoms with van der Waals surface area (Å²) in [6, 6.07) is 5.78. The highest BCUT2D eigenvalue weighted by Gasteiger charge is 2.24. The number of nitrogens with two attached hydrogens (primary N) is 1. The number of hydrogen-bond donors (Lipinski definition) is 1. The zero-order chi connectivity index (χ0) is 14.5. The maximum atomic E-state index is 5.21. The number of benzene rings is 1. The van der Waals surface area contributed by atoms with Crippen molar-refractivity contribution in [1.29, 1.82) is 0 Å². The van der Waals surface area contributed by atoms with E-state index in [4.69, 9.17) is 23.0 Å². The van der Waals surface area contributed by atoms with Crippen LogP contribution in [-0.2, 0) is 5.41 Å². The summed E-state index contributed by atoms with van der Waals surface area (Å²) in [5.74, 6) is 5.78. The minimum atomic E-state index is -0.198. The Morgan fingerprint density at radius 3 is 2.53 bits per heavy atom. The van der Waals surface area contributed by atoms with Crippen LogP contribution in [0.25, 0.3) is 0 Å². The fourth-order valence-electron chi connectivity index (χ4n) is 1.96. The van der Waals surface area contributed by atoms with Crippen LogP contribution in [0.5, 0.6) is 5.75 Å². The molecule has 0 radical (unpaired) electrons. The lowest BCUT2D eigenvalue weighted by Crippen LogP contribution is -2.20. The molecule has 1 aromatic rings. The Kier molecular flexibility index (Phi) is 5.21. The molecular formula is C16H19NOS. The van der Waals surface area contributed by atoms with Gasteiger partial charge in [0.15, 0.2) is 5.75 Å². The SMILES string of the molecule is C=C/C=C(\C=C)C(C)(C)c1ccc(ON)c(C=S)c1. The molecule has 0 unspecified atom stereocenters. The Morgan fingerprint density at radius 1 is 1.37 bits per heavy atom. The minimum Gasteiger partial charge on any atom is -0.411 e. The lowest BCUT2D eigenvalue weighted by molar-refractivity contribution is 0.334. The van der Waals surface area contributed by atoms with E-state index in [1.165, 1.54) is 0 Å². The maximum absolute atomic E-state index is 5.21. The quantitative estimate of drug-likeness (QED) is 0.485. The zero-order valence-electron chi connectivity index (χ0n) is 11.3. The third kappa shape index (κ3) is 3.19. The van der Waals surface area contributed by atoms with Crippen molar-refractivity contribution in [1.82, 2.24) is 0 Å². The van der Waals surface area contributed by atoms with Gasteiger partial charge < -0.3 is 4.84 Å². The Hall–Kier alpha value is -1.71. The van der Waals surface area contributed by atoms with Crippen molar-refractivity contribution in [3.05, 3.63) is 66.3 Å². The highest BCUT2D eigenvalue weighted by Crippen LogP contribution is 2.34. The summed E-state index contributed by atoms with van der Waals surface area (Å²) in [4.78, 5) is 4.79. The molecule has 0 heterocycles. The molecule has 0 aromatic heterocycles. The molecule has 100 valence electrons. The number of rotatable bonds is 6. The summed E-state index contributed by atoms with van der Waals surface area (Å²) in [5, 5.41) is 1.56. The molecule has 1 rings (SSSR count). The monoisotopic (exact) mass is 273 g/mol. The van der Waals surface area contributed by atoms with Gasteiger partial charge in [0.1, 0.15) is 0 Å². The van der Waals surface area contributed by atoms with Gasteiger partial charge in [0.25, 0.3) is 0 Å². The fourth-order valence-corrected chi connectivity index (χ4v) is 2.15. The molecule has 0 aliphatic heterocycles. The van der Waals surface area contributed by atoms with Crippen molar-refractivity contribution in [2.45, 2.75) is 19.3 Å². The largest absolute Gasteiger partial charge is 0.411 e. The molecule has 0 bridgehead atoms. The van der Waals surface area contributed by atoms with Gasteiger partial charge in [-0.15, -0.1) is 0 Å². The number of thiocarbonyl (C=S) groups is 1. The lowest BCUT2D eigenvalue weighted by atomic mass is 9.77. The van der Waals surface area contributed by atoms with Crippen LogP contribution in [0, 0.1) is 0 Å². The molecule has 2 nitrogen and oxygen atoms in total. The molecule has 0 aliphatic carbocycles. The van der Waals surface area contributed by atoms with Gasteiger partial charge in [-0.1, -0.05) is 63.5 Å². The molecule has 0 atom stereocenters. The first kappa shape index (κ1) is 15.3. The number of hydrogen-bond acceptors (Lipinski definition) is 3. The van der Waals surface area contributed by atoms with Crippen molar-refractivity contribution < 1.29 is 4.84 Å². The van der Waals surface area contributed by atoms with Gasteiger partial charge in [0.2, 0.25) is 0 Å². The van der Waals surface area contributed by atoms with E-state index in [1.807, 2.05) is 30.4 Å². The van der Waals surface area contributed by atoms with Gasteiger partial charge in [-0.05, 0) is 23.3 Å². The maximum Gasteiger partial charge on any atom is 0.154 e. The summed E-state index contributed by atoms with van der Waals surface area (Å²) < 4.78 is 0. The summed E-state index contributed by atoms with van der Waals surface area (Å²) in [6.45, 7) is 11.8. The zero-order valence-corrected chi connectivity index (χ0v) is 12.2. The predicted molar refractivity (Wildman–Crippen MR) is 85.5 cm³/mol. The molecule has 0 amide bonds. The molecule has 0 fully saturated rings. The van der Waals surface area contributed by atoms with Crippen LogP contribution in [0.15, 0.2) is 55.2 Å². The van der Waals surface area contributed by atoms with E-state index >= 15 is 0 Å². The van der Waals surface area contributed by atoms with Crippen molar-refractivity contribution in [2.24, 2.45) is 5.90 Å². The lowest BCUT2D eigenvalue weighted by Gasteiger charge is -2.27. The van der Waals surface area contributed by atoms with Crippen LogP contribution in [-0.4, -0.2) is 5.37 Å². The average molecular weight is 273 g/mol. The van der Waals surface area contributed by atoms with Crippen LogP contribution in [0.1, 0.15) is 25.0 Å². The van der Waals surface area contributed by atoms with Gasteiger partial charge >= 0.3 is 0 Å². The third-order valence-corrected chi connectivity index (χ3v) is 3.48. The molecule has 3 heteroatoms. The van der Waals surface area contributed by atoms with E-state index in [0.29, 0.717) is 5.75 Å². The van der Waals surface area contributed by atoms with E-state index in [1.54, 1.807) is 11.4 Å². The Bertz CT molecular complexity index is 530. The molecule has 0 spiro atoms. The molecule has 19 heavy (non-hydrogen) atoms. The second-order valence-electron chi connectivity index (χ2n) is 4.68. The molecule has 2 N–H and O–H groups in total. The van der Waals surface area contributed by atoms with Gasteiger partial charge in [0.05, 0.1) is 0 Å². The molecule has 1 aromatic carbocycles. The van der Waals surface area contributed by atoms with Gasteiger partial charge in [-0.25, -0.2) is 0 Å². The third-order valence-electron chi connectivity index (χ3n) is 3.22. The van der Waals surface area contributed by atoms with Crippen LogP contribution < -0.4 is 10.7 Å². The first-order valence-electron chi connectivity index (χ1n) is 5.93. The Balaban J connectivity index is 3.36. The molecule has 0 saturated heterocycles. The van der Waals surface area contributed by atoms with Crippen LogP contribution >= 0.6 is 12.2 Å². The topological polar surface area (TPSA) is 35.2 Å². The highest BCUT2D eigenvalue weighted by molar-refractivity contribution is 7.79. The summed E-state index contributed by atoms with van der Waals surface area (Å²) in [5.41, 5.74) is 2.79. The standard InChI is InChI=1S/C16H19NOS/c1-5-7-13(6-2)16(3,4)14-8-9-15(18-17)12(10-14)11-19/h5-11H,1-2,17H2,3-4H3/b13-7+. The van der Waals surface area contributed by atoms with E-state index in [2.05, 4.69) is 27.0 Å². The molecule has 0 saturated carbocycles. The smallest absolute Gasteiger partial charge is 0.154 e. The van der Waals surface area contributed by atoms with Crippen molar-refractivity contribution in [3.8, 4) is 5.75 Å². The molecule has 0 aliphatic rings. The summed E-state index contributed by atoms with van der Waals surface area (Å²) >= 11 is 4.99. The van der Waals surface area contributed by atoms with E-state index in [9.17, 15) is 0 Å². The van der Waals surface area contributed by atoms with Crippen LogP contribution in [0.2, 0.25) is 0 Å². The van der Waals surface area contributed by atoms with Crippen molar-refractivity contribution in [2.75, 3.05) is 0 Å². The van der Waals surface area contributed by atoms with Crippen molar-refractivity contribution >= 4 is 17.6 Å². The Morgan fingerprint density at radius 2 is 2.05 bits per heavy atom. The van der Waals surface area contributed by atoms with Crippen LogP contribution in [0.3, 0.4) is 0 Å². The van der Waals surface area contributed by atoms with E-state index < -0.39 is 0 Å². The molecular weight excluding hydrogens is 254 g/mol. The van der Waals surface area contributed by atoms with Gasteiger partial charge in [0, 0.05) is 16.3 Å².